The molecule has 1 aliphatic heterocycles. The van der Waals surface area contributed by atoms with E-state index in [4.69, 9.17) is 5.11 Å². The quantitative estimate of drug-likeness (QED) is 0.761. The van der Waals surface area contributed by atoms with Gasteiger partial charge in [0.15, 0.2) is 0 Å². The lowest BCUT2D eigenvalue weighted by Gasteiger charge is -2.16. The Hall–Kier alpha value is -1.31. The van der Waals surface area contributed by atoms with Gasteiger partial charge in [-0.1, -0.05) is 12.1 Å². The summed E-state index contributed by atoms with van der Waals surface area (Å²) in [6, 6.07) is 7.49. The van der Waals surface area contributed by atoms with Crippen LogP contribution in [-0.2, 0) is 6.42 Å². The highest BCUT2D eigenvalue weighted by Gasteiger charge is 2.10. The zero-order chi connectivity index (χ0) is 9.80. The predicted molar refractivity (Wildman–Crippen MR) is 57.9 cm³/mol. The van der Waals surface area contributed by atoms with Gasteiger partial charge < -0.3 is 5.11 Å². The van der Waals surface area contributed by atoms with Gasteiger partial charge in [0.25, 0.3) is 0 Å². The van der Waals surface area contributed by atoms with E-state index in [-0.39, 0.29) is 0 Å². The maximum Gasteiger partial charge on any atom is 0.115 e. The van der Waals surface area contributed by atoms with E-state index in [0.29, 0.717) is 11.7 Å². The molecule has 1 atom stereocenters. The Balaban J connectivity index is 1.96. The highest BCUT2D eigenvalue weighted by Crippen LogP contribution is 2.18. The minimum atomic E-state index is 0.343. The second kappa shape index (κ2) is 4.27. The van der Waals surface area contributed by atoms with Crippen LogP contribution in [0.2, 0.25) is 0 Å². The van der Waals surface area contributed by atoms with E-state index in [1.54, 1.807) is 12.1 Å². The molecule has 0 spiro atoms. The van der Waals surface area contributed by atoms with E-state index in [1.807, 2.05) is 18.3 Å². The van der Waals surface area contributed by atoms with Crippen molar-refractivity contribution in [2.24, 2.45) is 10.9 Å². The number of aliphatic imine (C=N–C) groups is 1. The average Bonchev–Trinajstić information content (AvgIpc) is 2.23. The van der Waals surface area contributed by atoms with E-state index in [9.17, 15) is 0 Å². The van der Waals surface area contributed by atoms with Gasteiger partial charge in [0.1, 0.15) is 5.75 Å². The molecule has 1 aliphatic rings. The molecule has 1 heterocycles. The fourth-order valence-corrected chi connectivity index (χ4v) is 1.85. The van der Waals surface area contributed by atoms with Gasteiger partial charge in [0.2, 0.25) is 0 Å². The number of rotatable bonds is 2. The van der Waals surface area contributed by atoms with Crippen LogP contribution in [0.25, 0.3) is 0 Å². The van der Waals surface area contributed by atoms with Crippen molar-refractivity contribution in [1.82, 2.24) is 0 Å². The van der Waals surface area contributed by atoms with Crippen LogP contribution in [-0.4, -0.2) is 17.9 Å². The van der Waals surface area contributed by atoms with E-state index in [0.717, 1.165) is 19.4 Å². The van der Waals surface area contributed by atoms with Crippen LogP contribution in [0.1, 0.15) is 18.4 Å². The van der Waals surface area contributed by atoms with Gasteiger partial charge in [0, 0.05) is 6.54 Å². The Morgan fingerprint density at radius 3 is 2.71 bits per heavy atom. The van der Waals surface area contributed by atoms with E-state index in [2.05, 4.69) is 4.99 Å². The molecular formula is C12H15NO. The van der Waals surface area contributed by atoms with Gasteiger partial charge in [0.05, 0.1) is 0 Å². The van der Waals surface area contributed by atoms with Crippen molar-refractivity contribution in [2.45, 2.75) is 19.3 Å². The van der Waals surface area contributed by atoms with Crippen LogP contribution >= 0.6 is 0 Å². The van der Waals surface area contributed by atoms with Crippen LogP contribution in [0.4, 0.5) is 0 Å². The summed E-state index contributed by atoms with van der Waals surface area (Å²) >= 11 is 0. The molecule has 1 unspecified atom stereocenters. The summed E-state index contributed by atoms with van der Waals surface area (Å²) in [5.41, 5.74) is 1.30. The number of hydrogen-bond acceptors (Lipinski definition) is 2. The standard InChI is InChI=1S/C12H15NO/c14-12-5-3-10(4-6-12)8-11-2-1-7-13-9-11/h3-7,11,14H,1-2,8-9H2. The van der Waals surface area contributed by atoms with Crippen molar-refractivity contribution in [3.63, 3.8) is 0 Å². The predicted octanol–water partition coefficient (Wildman–Crippen LogP) is 2.42. The monoisotopic (exact) mass is 189 g/mol. The Kier molecular flexibility index (Phi) is 2.82. The van der Waals surface area contributed by atoms with Crippen LogP contribution in [0.3, 0.4) is 0 Å². The minimum Gasteiger partial charge on any atom is -0.508 e. The highest BCUT2D eigenvalue weighted by molar-refractivity contribution is 5.57. The third-order valence-corrected chi connectivity index (χ3v) is 2.66. The second-order valence-corrected chi connectivity index (χ2v) is 3.86. The zero-order valence-corrected chi connectivity index (χ0v) is 8.19. The first-order valence-corrected chi connectivity index (χ1v) is 5.11. The van der Waals surface area contributed by atoms with Crippen molar-refractivity contribution in [3.8, 4) is 5.75 Å². The molecule has 14 heavy (non-hydrogen) atoms. The molecule has 0 fully saturated rings. The van der Waals surface area contributed by atoms with E-state index >= 15 is 0 Å². The summed E-state index contributed by atoms with van der Waals surface area (Å²) < 4.78 is 0. The maximum atomic E-state index is 9.14. The Morgan fingerprint density at radius 2 is 2.07 bits per heavy atom. The van der Waals surface area contributed by atoms with Crippen LogP contribution in [0.15, 0.2) is 29.3 Å². The molecule has 1 N–H and O–H groups in total. The summed E-state index contributed by atoms with van der Waals surface area (Å²) in [5.74, 6) is 1.03. The first-order chi connectivity index (χ1) is 6.84. The van der Waals surface area contributed by atoms with Gasteiger partial charge >= 0.3 is 0 Å². The molecular weight excluding hydrogens is 174 g/mol. The molecule has 1 aromatic rings. The molecule has 0 saturated heterocycles. The number of phenols is 1. The molecule has 2 rings (SSSR count). The molecule has 2 nitrogen and oxygen atoms in total. The van der Waals surface area contributed by atoms with Crippen molar-refractivity contribution < 1.29 is 5.11 Å². The zero-order valence-electron chi connectivity index (χ0n) is 8.19. The molecule has 0 saturated carbocycles. The first-order valence-electron chi connectivity index (χ1n) is 5.11. The molecule has 0 bridgehead atoms. The average molecular weight is 189 g/mol. The summed E-state index contributed by atoms with van der Waals surface area (Å²) in [6.07, 6.45) is 5.46. The van der Waals surface area contributed by atoms with Gasteiger partial charge in [-0.15, -0.1) is 0 Å². The van der Waals surface area contributed by atoms with Gasteiger partial charge in [-0.2, -0.15) is 0 Å². The fourth-order valence-electron chi connectivity index (χ4n) is 1.85. The second-order valence-electron chi connectivity index (χ2n) is 3.86. The van der Waals surface area contributed by atoms with Crippen molar-refractivity contribution in [3.05, 3.63) is 29.8 Å². The van der Waals surface area contributed by atoms with Gasteiger partial charge in [-0.25, -0.2) is 0 Å². The summed E-state index contributed by atoms with van der Waals surface area (Å²) in [7, 11) is 0. The molecule has 2 heteroatoms. The number of hydrogen-bond donors (Lipinski definition) is 1. The summed E-state index contributed by atoms with van der Waals surface area (Å²) in [4.78, 5) is 4.30. The highest BCUT2D eigenvalue weighted by atomic mass is 16.3. The van der Waals surface area contributed by atoms with Crippen molar-refractivity contribution in [1.29, 1.82) is 0 Å². The Labute approximate surface area is 84.3 Å². The third-order valence-electron chi connectivity index (χ3n) is 2.66. The SMILES string of the molecule is Oc1ccc(CC2CCC=NC2)cc1. The summed E-state index contributed by atoms with van der Waals surface area (Å²) in [6.45, 7) is 0.959. The minimum absolute atomic E-state index is 0.343. The van der Waals surface area contributed by atoms with Crippen LogP contribution < -0.4 is 0 Å². The van der Waals surface area contributed by atoms with E-state index < -0.39 is 0 Å². The molecule has 1 aromatic carbocycles. The first kappa shape index (κ1) is 9.25. The lowest BCUT2D eigenvalue weighted by atomic mass is 9.93. The Morgan fingerprint density at radius 1 is 1.29 bits per heavy atom. The summed E-state index contributed by atoms with van der Waals surface area (Å²) in [5, 5.41) is 9.14. The smallest absolute Gasteiger partial charge is 0.115 e. The van der Waals surface area contributed by atoms with Gasteiger partial charge in [-0.05, 0) is 49.1 Å². The van der Waals surface area contributed by atoms with E-state index in [1.165, 1.54) is 12.0 Å². The molecule has 74 valence electrons. The third kappa shape index (κ3) is 2.34. The van der Waals surface area contributed by atoms with Crippen LogP contribution in [0, 0.1) is 5.92 Å². The molecule has 0 aromatic heterocycles. The number of phenolic OH excluding ortho intramolecular Hbond substituents is 1. The Bertz CT molecular complexity index is 316. The van der Waals surface area contributed by atoms with Gasteiger partial charge in [-0.3, -0.25) is 4.99 Å². The lowest BCUT2D eigenvalue weighted by Crippen LogP contribution is -2.12. The van der Waals surface area contributed by atoms with Crippen molar-refractivity contribution >= 4 is 6.21 Å². The number of aromatic hydroxyl groups is 1. The molecule has 0 aliphatic carbocycles. The maximum absolute atomic E-state index is 9.14. The lowest BCUT2D eigenvalue weighted by molar-refractivity contribution is 0.473. The fraction of sp³-hybridized carbons (Fsp3) is 0.417. The molecule has 0 amide bonds. The topological polar surface area (TPSA) is 32.6 Å². The number of nitrogens with zero attached hydrogens (tertiary/aromatic N) is 1. The number of benzene rings is 1. The van der Waals surface area contributed by atoms with Crippen molar-refractivity contribution in [2.75, 3.05) is 6.54 Å². The normalized spacial score (nSPS) is 21.0. The molecule has 0 radical (unpaired) electrons. The largest absolute Gasteiger partial charge is 0.508 e. The van der Waals surface area contributed by atoms with Crippen LogP contribution in [0.5, 0.6) is 5.75 Å².